The highest BCUT2D eigenvalue weighted by Gasteiger charge is 2.36. The SMILES string of the molecule is CC(C)C(C(=O)O)N(C(=O)O)c1nc(Cl)c(N)nc1N. The van der Waals surface area contributed by atoms with Crippen molar-refractivity contribution in [2.24, 2.45) is 5.92 Å². The molecule has 10 heteroatoms. The fourth-order valence-electron chi connectivity index (χ4n) is 1.65. The Morgan fingerprint density at radius 3 is 2.15 bits per heavy atom. The number of hydrogen-bond donors (Lipinski definition) is 4. The minimum absolute atomic E-state index is 0.172. The van der Waals surface area contributed by atoms with Crippen LogP contribution in [0.1, 0.15) is 13.8 Å². The molecule has 20 heavy (non-hydrogen) atoms. The predicted molar refractivity (Wildman–Crippen MR) is 72.6 cm³/mol. The molecule has 1 rings (SSSR count). The number of nitrogens with two attached hydrogens (primary N) is 2. The van der Waals surface area contributed by atoms with E-state index in [4.69, 9.17) is 23.1 Å². The van der Waals surface area contributed by atoms with Gasteiger partial charge in [-0.05, 0) is 5.92 Å². The van der Waals surface area contributed by atoms with Crippen LogP contribution in [-0.2, 0) is 4.79 Å². The van der Waals surface area contributed by atoms with E-state index in [0.29, 0.717) is 4.90 Å². The highest BCUT2D eigenvalue weighted by Crippen LogP contribution is 2.28. The number of nitrogen functional groups attached to an aromatic ring is 2. The molecule has 0 spiro atoms. The number of carboxylic acid groups (broad SMARTS) is 2. The van der Waals surface area contributed by atoms with E-state index in [1.54, 1.807) is 13.8 Å². The second-order valence-corrected chi connectivity index (χ2v) is 4.65. The zero-order chi connectivity index (χ0) is 15.6. The minimum atomic E-state index is -1.53. The van der Waals surface area contributed by atoms with Gasteiger partial charge in [-0.15, -0.1) is 0 Å². The van der Waals surface area contributed by atoms with Crippen LogP contribution in [0.2, 0.25) is 5.15 Å². The van der Waals surface area contributed by atoms with Gasteiger partial charge >= 0.3 is 12.1 Å². The third kappa shape index (κ3) is 2.99. The van der Waals surface area contributed by atoms with Crippen molar-refractivity contribution in [3.05, 3.63) is 5.15 Å². The molecule has 0 saturated heterocycles. The largest absolute Gasteiger partial charge is 0.480 e. The first-order valence-electron chi connectivity index (χ1n) is 5.50. The van der Waals surface area contributed by atoms with E-state index < -0.39 is 24.0 Å². The molecule has 0 bridgehead atoms. The van der Waals surface area contributed by atoms with Crippen LogP contribution in [0.25, 0.3) is 0 Å². The highest BCUT2D eigenvalue weighted by atomic mass is 35.5. The van der Waals surface area contributed by atoms with Crippen molar-refractivity contribution < 1.29 is 19.8 Å². The summed E-state index contributed by atoms with van der Waals surface area (Å²) in [6, 6.07) is -1.39. The summed E-state index contributed by atoms with van der Waals surface area (Å²) < 4.78 is 0. The zero-order valence-electron chi connectivity index (χ0n) is 10.7. The number of hydrogen-bond acceptors (Lipinski definition) is 6. The molecule has 1 heterocycles. The Kier molecular flexibility index (Phi) is 4.56. The van der Waals surface area contributed by atoms with E-state index >= 15 is 0 Å². The topological polar surface area (TPSA) is 156 Å². The van der Waals surface area contributed by atoms with Crippen LogP contribution in [0, 0.1) is 5.92 Å². The number of rotatable bonds is 4. The third-order valence-corrected chi connectivity index (χ3v) is 2.76. The summed E-state index contributed by atoms with van der Waals surface area (Å²) in [6.45, 7) is 3.11. The summed E-state index contributed by atoms with van der Waals surface area (Å²) >= 11 is 5.68. The van der Waals surface area contributed by atoms with Crippen molar-refractivity contribution in [2.45, 2.75) is 19.9 Å². The van der Waals surface area contributed by atoms with Gasteiger partial charge in [0.25, 0.3) is 0 Å². The fraction of sp³-hybridized carbons (Fsp3) is 0.400. The molecule has 0 aliphatic heterocycles. The smallest absolute Gasteiger partial charge is 0.413 e. The van der Waals surface area contributed by atoms with Gasteiger partial charge < -0.3 is 21.7 Å². The summed E-state index contributed by atoms with van der Waals surface area (Å²) in [5, 5.41) is 18.2. The molecule has 9 nitrogen and oxygen atoms in total. The predicted octanol–water partition coefficient (Wildman–Crippen LogP) is 0.888. The average molecular weight is 304 g/mol. The highest BCUT2D eigenvalue weighted by molar-refractivity contribution is 6.31. The van der Waals surface area contributed by atoms with Gasteiger partial charge in [0.05, 0.1) is 0 Å². The summed E-state index contributed by atoms with van der Waals surface area (Å²) in [5.74, 6) is -2.72. The molecule has 1 aromatic rings. The number of nitrogens with zero attached hydrogens (tertiary/aromatic N) is 3. The van der Waals surface area contributed by atoms with Crippen molar-refractivity contribution in [1.29, 1.82) is 0 Å². The fourth-order valence-corrected chi connectivity index (χ4v) is 1.77. The number of aliphatic carboxylic acids is 1. The second kappa shape index (κ2) is 5.78. The summed E-state index contributed by atoms with van der Waals surface area (Å²) in [4.78, 5) is 30.5. The Labute approximate surface area is 119 Å². The van der Waals surface area contributed by atoms with Crippen LogP contribution in [0.5, 0.6) is 0 Å². The summed E-state index contributed by atoms with van der Waals surface area (Å²) in [6.07, 6.45) is -1.53. The van der Waals surface area contributed by atoms with E-state index in [0.717, 1.165) is 0 Å². The maximum atomic E-state index is 11.4. The van der Waals surface area contributed by atoms with Crippen molar-refractivity contribution in [3.63, 3.8) is 0 Å². The summed E-state index contributed by atoms with van der Waals surface area (Å²) in [5.41, 5.74) is 11.0. The zero-order valence-corrected chi connectivity index (χ0v) is 11.5. The van der Waals surface area contributed by atoms with E-state index in [1.165, 1.54) is 0 Å². The Morgan fingerprint density at radius 2 is 1.75 bits per heavy atom. The molecule has 110 valence electrons. The van der Waals surface area contributed by atoms with Crippen LogP contribution in [0.15, 0.2) is 0 Å². The second-order valence-electron chi connectivity index (χ2n) is 4.29. The molecule has 1 aromatic heterocycles. The number of anilines is 3. The summed E-state index contributed by atoms with van der Waals surface area (Å²) in [7, 11) is 0. The lowest BCUT2D eigenvalue weighted by Crippen LogP contribution is -2.48. The molecule has 1 atom stereocenters. The Hall–Kier alpha value is -2.29. The van der Waals surface area contributed by atoms with E-state index in [1.807, 2.05) is 0 Å². The standard InChI is InChI=1S/C10H14ClN5O4/c1-3(2)4(9(17)18)16(10(19)20)8-7(13)15-6(12)5(11)14-8/h3-4H,1-2H3,(H,17,18)(H,19,20)(H4,12,13,15). The minimum Gasteiger partial charge on any atom is -0.480 e. The normalized spacial score (nSPS) is 12.2. The van der Waals surface area contributed by atoms with Gasteiger partial charge in [0.15, 0.2) is 22.6 Å². The lowest BCUT2D eigenvalue weighted by Gasteiger charge is -2.28. The van der Waals surface area contributed by atoms with Crippen LogP contribution in [0.4, 0.5) is 22.2 Å². The quantitative estimate of drug-likeness (QED) is 0.638. The van der Waals surface area contributed by atoms with Crippen molar-refractivity contribution in [2.75, 3.05) is 16.4 Å². The van der Waals surface area contributed by atoms with Crippen LogP contribution < -0.4 is 16.4 Å². The van der Waals surface area contributed by atoms with E-state index in [2.05, 4.69) is 9.97 Å². The molecular weight excluding hydrogens is 290 g/mol. The molecule has 0 saturated carbocycles. The van der Waals surface area contributed by atoms with E-state index in [-0.39, 0.29) is 22.6 Å². The monoisotopic (exact) mass is 303 g/mol. The Morgan fingerprint density at radius 1 is 1.20 bits per heavy atom. The van der Waals surface area contributed by atoms with Crippen molar-refractivity contribution in [1.82, 2.24) is 9.97 Å². The van der Waals surface area contributed by atoms with Gasteiger partial charge in [-0.3, -0.25) is 0 Å². The maximum Gasteiger partial charge on any atom is 0.413 e. The first-order chi connectivity index (χ1) is 9.16. The van der Waals surface area contributed by atoms with Gasteiger partial charge in [0.1, 0.15) is 6.04 Å². The van der Waals surface area contributed by atoms with Crippen LogP contribution in [0.3, 0.4) is 0 Å². The Balaban J connectivity index is 3.45. The first kappa shape index (κ1) is 15.8. The molecule has 0 aliphatic carbocycles. The van der Waals surface area contributed by atoms with Gasteiger partial charge in [0.2, 0.25) is 0 Å². The van der Waals surface area contributed by atoms with Crippen molar-refractivity contribution >= 4 is 41.1 Å². The van der Waals surface area contributed by atoms with Gasteiger partial charge in [-0.25, -0.2) is 24.5 Å². The molecule has 0 aliphatic rings. The van der Waals surface area contributed by atoms with Gasteiger partial charge in [-0.2, -0.15) is 0 Å². The average Bonchev–Trinajstić information content (AvgIpc) is 2.29. The lowest BCUT2D eigenvalue weighted by molar-refractivity contribution is -0.139. The molecule has 1 amide bonds. The lowest BCUT2D eigenvalue weighted by atomic mass is 10.0. The third-order valence-electron chi connectivity index (χ3n) is 2.48. The molecule has 0 aromatic carbocycles. The molecule has 0 radical (unpaired) electrons. The molecular formula is C10H14ClN5O4. The molecule has 1 unspecified atom stereocenters. The molecule has 6 N–H and O–H groups in total. The van der Waals surface area contributed by atoms with E-state index in [9.17, 15) is 19.8 Å². The number of aromatic nitrogens is 2. The Bertz CT molecular complexity index is 551. The van der Waals surface area contributed by atoms with Crippen LogP contribution >= 0.6 is 11.6 Å². The number of amides is 1. The maximum absolute atomic E-state index is 11.4. The molecule has 0 fully saturated rings. The van der Waals surface area contributed by atoms with Gasteiger partial charge in [0, 0.05) is 0 Å². The van der Waals surface area contributed by atoms with Gasteiger partial charge in [-0.1, -0.05) is 25.4 Å². The first-order valence-corrected chi connectivity index (χ1v) is 5.88. The van der Waals surface area contributed by atoms with Crippen molar-refractivity contribution in [3.8, 4) is 0 Å². The number of carbonyl (C=O) groups is 2. The number of carboxylic acids is 1. The van der Waals surface area contributed by atoms with Crippen LogP contribution in [-0.4, -0.2) is 38.3 Å². The number of halogens is 1.